The van der Waals surface area contributed by atoms with E-state index in [0.29, 0.717) is 29.1 Å². The first-order chi connectivity index (χ1) is 7.73. The molecule has 0 saturated heterocycles. The van der Waals surface area contributed by atoms with E-state index in [1.54, 1.807) is 0 Å². The third kappa shape index (κ3) is 2.22. The molecular formula is C14H28O2Si. The number of rotatable bonds is 3. The van der Waals surface area contributed by atoms with Gasteiger partial charge in [-0.3, -0.25) is 0 Å². The molecule has 2 nitrogen and oxygen atoms in total. The van der Waals surface area contributed by atoms with Crippen LogP contribution in [0.5, 0.6) is 0 Å². The molecular weight excluding hydrogens is 228 g/mol. The summed E-state index contributed by atoms with van der Waals surface area (Å²) in [5.41, 5.74) is 0.365. The second-order valence-electron chi connectivity index (χ2n) is 7.56. The van der Waals surface area contributed by atoms with E-state index >= 15 is 0 Å². The summed E-state index contributed by atoms with van der Waals surface area (Å²) < 4.78 is 6.60. The second-order valence-corrected chi connectivity index (χ2v) is 12.3. The summed E-state index contributed by atoms with van der Waals surface area (Å²) in [5, 5.41) is 9.77. The van der Waals surface area contributed by atoms with Crippen LogP contribution in [-0.4, -0.2) is 26.1 Å². The van der Waals surface area contributed by atoms with Gasteiger partial charge in [0.15, 0.2) is 8.32 Å². The SMILES string of the molecule is CC(C)(C)[Si](C)(C)OC1CCC(CO)C12CC2. The van der Waals surface area contributed by atoms with Crippen LogP contribution >= 0.6 is 0 Å². The maximum atomic E-state index is 9.47. The first-order valence-corrected chi connectivity index (χ1v) is 9.92. The van der Waals surface area contributed by atoms with Crippen LogP contribution in [0.2, 0.25) is 18.1 Å². The third-order valence-electron chi connectivity index (χ3n) is 5.52. The average Bonchev–Trinajstić information content (AvgIpc) is 2.88. The Balaban J connectivity index is 2.06. The molecule has 0 aromatic carbocycles. The lowest BCUT2D eigenvalue weighted by Gasteiger charge is -2.40. The first kappa shape index (κ1) is 13.6. The Labute approximate surface area is 107 Å². The number of hydrogen-bond acceptors (Lipinski definition) is 2. The Morgan fingerprint density at radius 3 is 2.24 bits per heavy atom. The summed E-state index contributed by atoms with van der Waals surface area (Å²) in [6, 6.07) is 0. The van der Waals surface area contributed by atoms with Crippen molar-refractivity contribution in [2.24, 2.45) is 11.3 Å². The Kier molecular flexibility index (Phi) is 3.25. The molecule has 0 amide bonds. The highest BCUT2D eigenvalue weighted by Crippen LogP contribution is 2.63. The highest BCUT2D eigenvalue weighted by atomic mass is 28.4. The van der Waals surface area contributed by atoms with Gasteiger partial charge in [0.2, 0.25) is 0 Å². The van der Waals surface area contributed by atoms with Crippen LogP contribution in [0.15, 0.2) is 0 Å². The van der Waals surface area contributed by atoms with Crippen LogP contribution in [0.3, 0.4) is 0 Å². The van der Waals surface area contributed by atoms with E-state index in [2.05, 4.69) is 33.9 Å². The van der Waals surface area contributed by atoms with Gasteiger partial charge < -0.3 is 9.53 Å². The topological polar surface area (TPSA) is 29.5 Å². The first-order valence-electron chi connectivity index (χ1n) is 7.02. The summed E-state index contributed by atoms with van der Waals surface area (Å²) in [6.45, 7) is 12.0. The summed E-state index contributed by atoms with van der Waals surface area (Å²) in [7, 11) is -1.64. The van der Waals surface area contributed by atoms with Crippen molar-refractivity contribution in [3.63, 3.8) is 0 Å². The van der Waals surface area contributed by atoms with Crippen molar-refractivity contribution in [2.45, 2.75) is 70.7 Å². The van der Waals surface area contributed by atoms with Gasteiger partial charge in [0.1, 0.15) is 0 Å². The Hall–Kier alpha value is 0.137. The summed E-state index contributed by atoms with van der Waals surface area (Å²) >= 11 is 0. The highest BCUT2D eigenvalue weighted by molar-refractivity contribution is 6.74. The molecule has 1 N–H and O–H groups in total. The van der Waals surface area contributed by atoms with Gasteiger partial charge in [0, 0.05) is 12.0 Å². The van der Waals surface area contributed by atoms with Crippen LogP contribution in [-0.2, 0) is 4.43 Å². The molecule has 0 bridgehead atoms. The van der Waals surface area contributed by atoms with E-state index in [1.165, 1.54) is 12.8 Å². The molecule has 2 rings (SSSR count). The molecule has 2 aliphatic rings. The van der Waals surface area contributed by atoms with Crippen molar-refractivity contribution < 1.29 is 9.53 Å². The maximum absolute atomic E-state index is 9.47. The molecule has 17 heavy (non-hydrogen) atoms. The fourth-order valence-corrected chi connectivity index (χ4v) is 4.46. The van der Waals surface area contributed by atoms with Crippen molar-refractivity contribution >= 4 is 8.32 Å². The van der Waals surface area contributed by atoms with Gasteiger partial charge >= 0.3 is 0 Å². The normalized spacial score (nSPS) is 32.1. The fraction of sp³-hybridized carbons (Fsp3) is 1.00. The smallest absolute Gasteiger partial charge is 0.192 e. The van der Waals surface area contributed by atoms with E-state index in [-0.39, 0.29) is 0 Å². The quantitative estimate of drug-likeness (QED) is 0.782. The number of hydrogen-bond donors (Lipinski definition) is 1. The summed E-state index contributed by atoms with van der Waals surface area (Å²) in [5.74, 6) is 0.511. The van der Waals surface area contributed by atoms with Gasteiger partial charge in [-0.05, 0) is 49.7 Å². The zero-order valence-corrected chi connectivity index (χ0v) is 13.0. The predicted molar refractivity (Wildman–Crippen MR) is 73.5 cm³/mol. The third-order valence-corrected chi connectivity index (χ3v) is 10.0. The molecule has 2 saturated carbocycles. The van der Waals surface area contributed by atoms with Crippen molar-refractivity contribution in [1.29, 1.82) is 0 Å². The van der Waals surface area contributed by atoms with E-state index in [4.69, 9.17) is 4.43 Å². The molecule has 2 fully saturated rings. The van der Waals surface area contributed by atoms with Crippen LogP contribution in [0.4, 0.5) is 0 Å². The van der Waals surface area contributed by atoms with Crippen LogP contribution in [0.25, 0.3) is 0 Å². The van der Waals surface area contributed by atoms with Crippen molar-refractivity contribution in [3.05, 3.63) is 0 Å². The van der Waals surface area contributed by atoms with E-state index < -0.39 is 8.32 Å². The molecule has 0 aromatic heterocycles. The van der Waals surface area contributed by atoms with E-state index in [0.717, 1.165) is 12.8 Å². The largest absolute Gasteiger partial charge is 0.413 e. The highest BCUT2D eigenvalue weighted by Gasteiger charge is 2.60. The van der Waals surface area contributed by atoms with Gasteiger partial charge in [0.05, 0.1) is 6.10 Å². The van der Waals surface area contributed by atoms with Gasteiger partial charge in [-0.25, -0.2) is 0 Å². The molecule has 2 atom stereocenters. The maximum Gasteiger partial charge on any atom is 0.192 e. The zero-order chi connectivity index (χ0) is 12.9. The van der Waals surface area contributed by atoms with Crippen LogP contribution in [0.1, 0.15) is 46.5 Å². The Morgan fingerprint density at radius 2 is 1.82 bits per heavy atom. The van der Waals surface area contributed by atoms with Gasteiger partial charge in [-0.1, -0.05) is 20.8 Å². The van der Waals surface area contributed by atoms with Crippen LogP contribution in [0, 0.1) is 11.3 Å². The lowest BCUT2D eigenvalue weighted by molar-refractivity contribution is 0.0885. The van der Waals surface area contributed by atoms with Gasteiger partial charge in [-0.15, -0.1) is 0 Å². The van der Waals surface area contributed by atoms with Crippen molar-refractivity contribution in [2.75, 3.05) is 6.61 Å². The standard InChI is InChI=1S/C14H28O2Si/c1-13(2,3)17(4,5)16-12-7-6-11(10-15)14(12)8-9-14/h11-12,15H,6-10H2,1-5H3. The molecule has 2 unspecified atom stereocenters. The van der Waals surface area contributed by atoms with Crippen molar-refractivity contribution in [3.8, 4) is 0 Å². The molecule has 3 heteroatoms. The molecule has 0 aromatic rings. The minimum atomic E-state index is -1.64. The van der Waals surface area contributed by atoms with E-state index in [9.17, 15) is 5.11 Å². The minimum absolute atomic E-state index is 0.292. The van der Waals surface area contributed by atoms with Gasteiger partial charge in [0.25, 0.3) is 0 Å². The summed E-state index contributed by atoms with van der Waals surface area (Å²) in [6.07, 6.45) is 5.31. The lowest BCUT2D eigenvalue weighted by Crippen LogP contribution is -2.45. The fourth-order valence-electron chi connectivity index (χ4n) is 3.05. The molecule has 0 radical (unpaired) electrons. The number of aliphatic hydroxyl groups excluding tert-OH is 1. The minimum Gasteiger partial charge on any atom is -0.413 e. The number of aliphatic hydroxyl groups is 1. The summed E-state index contributed by atoms with van der Waals surface area (Å²) in [4.78, 5) is 0. The zero-order valence-electron chi connectivity index (χ0n) is 12.0. The predicted octanol–water partition coefficient (Wildman–Crippen LogP) is 3.56. The van der Waals surface area contributed by atoms with Gasteiger partial charge in [-0.2, -0.15) is 0 Å². The Morgan fingerprint density at radius 1 is 1.24 bits per heavy atom. The second kappa shape index (κ2) is 4.07. The monoisotopic (exact) mass is 256 g/mol. The van der Waals surface area contributed by atoms with Crippen molar-refractivity contribution in [1.82, 2.24) is 0 Å². The van der Waals surface area contributed by atoms with E-state index in [1.807, 2.05) is 0 Å². The molecule has 0 aliphatic heterocycles. The molecule has 1 spiro atoms. The van der Waals surface area contributed by atoms with Crippen LogP contribution < -0.4 is 0 Å². The molecule has 0 heterocycles. The molecule has 100 valence electrons. The molecule has 2 aliphatic carbocycles. The lowest BCUT2D eigenvalue weighted by atomic mass is 9.92. The Bertz CT molecular complexity index is 289. The average molecular weight is 256 g/mol.